The average Bonchev–Trinajstić information content (AvgIpc) is 3.09. The van der Waals surface area contributed by atoms with Crippen molar-refractivity contribution in [3.05, 3.63) is 48.4 Å². The van der Waals surface area contributed by atoms with Crippen LogP contribution >= 0.6 is 0 Å². The largest absolute Gasteiger partial charge is 0.479 e. The molecule has 7 nitrogen and oxygen atoms in total. The summed E-state index contributed by atoms with van der Waals surface area (Å²) in [6.45, 7) is 5.59. The third-order valence-corrected chi connectivity index (χ3v) is 4.56. The van der Waals surface area contributed by atoms with Gasteiger partial charge in [-0.3, -0.25) is 14.5 Å². The van der Waals surface area contributed by atoms with E-state index in [1.807, 2.05) is 19.9 Å². The van der Waals surface area contributed by atoms with E-state index in [0.717, 1.165) is 0 Å². The van der Waals surface area contributed by atoms with Crippen molar-refractivity contribution in [3.8, 4) is 5.75 Å². The smallest absolute Gasteiger partial charge is 0.268 e. The fourth-order valence-electron chi connectivity index (χ4n) is 3.14. The minimum Gasteiger partial charge on any atom is -0.479 e. The van der Waals surface area contributed by atoms with Crippen LogP contribution in [-0.2, 0) is 9.59 Å². The number of aromatic nitrogens is 1. The predicted molar refractivity (Wildman–Crippen MR) is 106 cm³/mol. The number of fused-ring (bicyclic) bond motifs is 2. The van der Waals surface area contributed by atoms with E-state index in [-0.39, 0.29) is 24.3 Å². The Kier molecular flexibility index (Phi) is 4.50. The van der Waals surface area contributed by atoms with Crippen molar-refractivity contribution in [2.45, 2.75) is 32.8 Å². The van der Waals surface area contributed by atoms with E-state index in [1.165, 1.54) is 4.90 Å². The molecule has 1 aliphatic rings. The zero-order valence-electron chi connectivity index (χ0n) is 15.9. The number of hydrogen-bond donors (Lipinski definition) is 1. The molecular formula is C21H21N3O4. The van der Waals surface area contributed by atoms with Gasteiger partial charge in [0.1, 0.15) is 17.8 Å². The molecule has 2 heterocycles. The first-order chi connectivity index (χ1) is 13.4. The summed E-state index contributed by atoms with van der Waals surface area (Å²) in [5, 5.41) is 2.83. The van der Waals surface area contributed by atoms with Gasteiger partial charge in [-0.15, -0.1) is 0 Å². The number of rotatable bonds is 4. The molecule has 2 amide bonds. The third kappa shape index (κ3) is 3.31. The monoisotopic (exact) mass is 379 g/mol. The second kappa shape index (κ2) is 6.99. The van der Waals surface area contributed by atoms with Gasteiger partial charge in [0.2, 0.25) is 5.91 Å². The van der Waals surface area contributed by atoms with E-state index in [2.05, 4.69) is 10.3 Å². The van der Waals surface area contributed by atoms with Crippen molar-refractivity contribution >= 4 is 34.3 Å². The van der Waals surface area contributed by atoms with E-state index in [9.17, 15) is 9.59 Å². The second-order valence-corrected chi connectivity index (χ2v) is 7.09. The van der Waals surface area contributed by atoms with Gasteiger partial charge in [0.15, 0.2) is 17.6 Å². The summed E-state index contributed by atoms with van der Waals surface area (Å²) in [6.07, 6.45) is -0.636. The highest BCUT2D eigenvalue weighted by molar-refractivity contribution is 6.06. The van der Waals surface area contributed by atoms with E-state index in [0.29, 0.717) is 34.1 Å². The quantitative estimate of drug-likeness (QED) is 0.747. The van der Waals surface area contributed by atoms with Crippen LogP contribution in [0, 0.1) is 0 Å². The van der Waals surface area contributed by atoms with Crippen LogP contribution in [0.15, 0.2) is 46.9 Å². The molecule has 28 heavy (non-hydrogen) atoms. The second-order valence-electron chi connectivity index (χ2n) is 7.09. The van der Waals surface area contributed by atoms with Gasteiger partial charge in [-0.2, -0.15) is 0 Å². The topological polar surface area (TPSA) is 84.7 Å². The van der Waals surface area contributed by atoms with Gasteiger partial charge in [0.25, 0.3) is 5.91 Å². The minimum atomic E-state index is -0.636. The number of carbonyl (C=O) groups excluding carboxylic acids is 2. The van der Waals surface area contributed by atoms with Crippen LogP contribution in [0.25, 0.3) is 11.1 Å². The molecule has 0 fully saturated rings. The van der Waals surface area contributed by atoms with E-state index < -0.39 is 6.10 Å². The molecule has 1 unspecified atom stereocenters. The van der Waals surface area contributed by atoms with E-state index in [1.54, 1.807) is 43.3 Å². The molecule has 0 saturated carbocycles. The maximum absolute atomic E-state index is 12.6. The average molecular weight is 379 g/mol. The van der Waals surface area contributed by atoms with Crippen molar-refractivity contribution in [2.24, 2.45) is 0 Å². The Balaban J connectivity index is 1.53. The molecule has 0 radical (unpaired) electrons. The molecule has 4 rings (SSSR count). The van der Waals surface area contributed by atoms with Crippen LogP contribution in [0.3, 0.4) is 0 Å². The first-order valence-electron chi connectivity index (χ1n) is 9.20. The molecule has 0 spiro atoms. The first kappa shape index (κ1) is 18.0. The molecule has 2 aromatic carbocycles. The Morgan fingerprint density at radius 1 is 1.25 bits per heavy atom. The van der Waals surface area contributed by atoms with Gasteiger partial charge in [-0.25, -0.2) is 4.98 Å². The molecular weight excluding hydrogens is 358 g/mol. The highest BCUT2D eigenvalue weighted by Gasteiger charge is 2.32. The van der Waals surface area contributed by atoms with E-state index in [4.69, 9.17) is 9.15 Å². The standard InChI is InChI=1S/C21H21N3O4/c1-12(2)20-23-15-10-14(8-9-17(15)28-20)22-19(25)11-24-16-6-4-5-7-18(16)27-13(3)21(24)26/h4-10,12-13H,11H2,1-3H3,(H,22,25). The zero-order valence-corrected chi connectivity index (χ0v) is 15.9. The Morgan fingerprint density at radius 3 is 2.82 bits per heavy atom. The predicted octanol–water partition coefficient (Wildman–Crippen LogP) is 3.70. The maximum atomic E-state index is 12.6. The summed E-state index contributed by atoms with van der Waals surface area (Å²) in [7, 11) is 0. The molecule has 0 aliphatic carbocycles. The van der Waals surface area contributed by atoms with Crippen molar-refractivity contribution in [1.29, 1.82) is 0 Å². The van der Waals surface area contributed by atoms with Crippen molar-refractivity contribution in [1.82, 2.24) is 4.98 Å². The lowest BCUT2D eigenvalue weighted by Gasteiger charge is -2.32. The maximum Gasteiger partial charge on any atom is 0.268 e. The SMILES string of the molecule is CC1Oc2ccccc2N(CC(=O)Nc2ccc3oc(C(C)C)nc3c2)C1=O. The van der Waals surface area contributed by atoms with Gasteiger partial charge in [-0.05, 0) is 37.3 Å². The Morgan fingerprint density at radius 2 is 2.04 bits per heavy atom. The van der Waals surface area contributed by atoms with Crippen molar-refractivity contribution < 1.29 is 18.7 Å². The number of oxazole rings is 1. The number of nitrogens with zero attached hydrogens (tertiary/aromatic N) is 2. The van der Waals surface area contributed by atoms with Crippen LogP contribution in [0.4, 0.5) is 11.4 Å². The lowest BCUT2D eigenvalue weighted by Crippen LogP contribution is -2.47. The molecule has 144 valence electrons. The lowest BCUT2D eigenvalue weighted by molar-refractivity contribution is -0.127. The number of amides is 2. The summed E-state index contributed by atoms with van der Waals surface area (Å²) in [4.78, 5) is 31.0. The molecule has 1 atom stereocenters. The molecule has 0 saturated heterocycles. The fraction of sp³-hybridized carbons (Fsp3) is 0.286. The van der Waals surface area contributed by atoms with Crippen LogP contribution < -0.4 is 15.0 Å². The van der Waals surface area contributed by atoms with Crippen molar-refractivity contribution in [3.63, 3.8) is 0 Å². The molecule has 0 bridgehead atoms. The van der Waals surface area contributed by atoms with Crippen LogP contribution in [-0.4, -0.2) is 29.4 Å². The summed E-state index contributed by atoms with van der Waals surface area (Å²) in [5.41, 5.74) is 2.55. The number of para-hydroxylation sites is 2. The fourth-order valence-corrected chi connectivity index (χ4v) is 3.14. The first-order valence-corrected chi connectivity index (χ1v) is 9.20. The van der Waals surface area contributed by atoms with Crippen LogP contribution in [0.2, 0.25) is 0 Å². The third-order valence-electron chi connectivity index (χ3n) is 4.56. The van der Waals surface area contributed by atoms with Crippen LogP contribution in [0.5, 0.6) is 5.75 Å². The van der Waals surface area contributed by atoms with Crippen LogP contribution in [0.1, 0.15) is 32.6 Å². The van der Waals surface area contributed by atoms with Gasteiger partial charge in [0, 0.05) is 11.6 Å². The number of ether oxygens (including phenoxy) is 1. The summed E-state index contributed by atoms with van der Waals surface area (Å²) < 4.78 is 11.3. The summed E-state index contributed by atoms with van der Waals surface area (Å²) >= 11 is 0. The molecule has 1 N–H and O–H groups in total. The van der Waals surface area contributed by atoms with E-state index >= 15 is 0 Å². The molecule has 7 heteroatoms. The number of carbonyl (C=O) groups is 2. The minimum absolute atomic E-state index is 0.0996. The lowest BCUT2D eigenvalue weighted by atomic mass is 10.2. The number of nitrogens with one attached hydrogen (secondary N) is 1. The summed E-state index contributed by atoms with van der Waals surface area (Å²) in [6, 6.07) is 12.5. The zero-order chi connectivity index (χ0) is 19.8. The highest BCUT2D eigenvalue weighted by Crippen LogP contribution is 2.33. The van der Waals surface area contributed by atoms with Gasteiger partial charge >= 0.3 is 0 Å². The molecule has 1 aliphatic heterocycles. The number of anilines is 2. The van der Waals surface area contributed by atoms with Gasteiger partial charge < -0.3 is 14.5 Å². The summed E-state index contributed by atoms with van der Waals surface area (Å²) in [5.74, 6) is 0.877. The van der Waals surface area contributed by atoms with Gasteiger partial charge in [0.05, 0.1) is 5.69 Å². The normalized spacial score (nSPS) is 16.2. The number of hydrogen-bond acceptors (Lipinski definition) is 5. The number of benzene rings is 2. The Labute approximate surface area is 162 Å². The molecule has 1 aromatic heterocycles. The Hall–Kier alpha value is -3.35. The van der Waals surface area contributed by atoms with Crippen molar-refractivity contribution in [2.75, 3.05) is 16.8 Å². The highest BCUT2D eigenvalue weighted by atomic mass is 16.5. The Bertz CT molecular complexity index is 1060. The van der Waals surface area contributed by atoms with Gasteiger partial charge in [-0.1, -0.05) is 26.0 Å². The molecule has 3 aromatic rings.